The van der Waals surface area contributed by atoms with E-state index in [-0.39, 0.29) is 0 Å². The summed E-state index contributed by atoms with van der Waals surface area (Å²) in [5.41, 5.74) is 1.32. The lowest BCUT2D eigenvalue weighted by atomic mass is 9.83. The van der Waals surface area contributed by atoms with Crippen molar-refractivity contribution in [2.75, 3.05) is 0 Å². The summed E-state index contributed by atoms with van der Waals surface area (Å²) in [6.45, 7) is 11.8. The zero-order chi connectivity index (χ0) is 7.99. The largest absolute Gasteiger partial charge is 0.0648 e. The Bertz CT molecular complexity index is 133. The number of rotatable bonds is 2. The lowest BCUT2D eigenvalue weighted by Crippen LogP contribution is -2.14. The summed E-state index contributed by atoms with van der Waals surface area (Å²) in [6, 6.07) is 0. The van der Waals surface area contributed by atoms with Gasteiger partial charge in [-0.2, -0.15) is 0 Å². The van der Waals surface area contributed by atoms with E-state index in [9.17, 15) is 0 Å². The van der Waals surface area contributed by atoms with Crippen molar-refractivity contribution in [1.82, 2.24) is 0 Å². The molecule has 0 aliphatic heterocycles. The van der Waals surface area contributed by atoms with Crippen LogP contribution < -0.4 is 0 Å². The molecule has 1 saturated carbocycles. The molecule has 0 aromatic rings. The van der Waals surface area contributed by atoms with Crippen molar-refractivity contribution >= 4 is 0 Å². The molecule has 1 rings (SSSR count). The van der Waals surface area contributed by atoms with E-state index >= 15 is 0 Å². The van der Waals surface area contributed by atoms with E-state index < -0.39 is 0 Å². The van der Waals surface area contributed by atoms with E-state index in [1.807, 2.05) is 0 Å². The van der Waals surface area contributed by atoms with Gasteiger partial charge in [0.05, 0.1) is 0 Å². The fourth-order valence-corrected chi connectivity index (χ4v) is 2.74. The van der Waals surface area contributed by atoms with Gasteiger partial charge in [0.2, 0.25) is 0 Å². The lowest BCUT2D eigenvalue weighted by Gasteiger charge is -2.22. The van der Waals surface area contributed by atoms with Crippen LogP contribution in [0.2, 0.25) is 0 Å². The van der Waals surface area contributed by atoms with Gasteiger partial charge in [0.1, 0.15) is 0 Å². The maximum Gasteiger partial charge on any atom is -0.0220 e. The van der Waals surface area contributed by atoms with E-state index in [0.717, 1.165) is 5.92 Å². The Morgan fingerprint density at radius 2 is 1.70 bits per heavy atom. The van der Waals surface area contributed by atoms with Gasteiger partial charge in [0.15, 0.2) is 0 Å². The summed E-state index contributed by atoms with van der Waals surface area (Å²) < 4.78 is 0. The molecule has 10 heavy (non-hydrogen) atoms. The van der Waals surface area contributed by atoms with Crippen molar-refractivity contribution in [1.29, 1.82) is 0 Å². The van der Waals surface area contributed by atoms with E-state index in [0.29, 0.717) is 10.8 Å². The molecule has 0 saturated heterocycles. The van der Waals surface area contributed by atoms with E-state index in [4.69, 9.17) is 0 Å². The smallest absolute Gasteiger partial charge is 0.0220 e. The average molecular weight is 140 g/mol. The fraction of sp³-hybridized carbons (Fsp3) is 1.00. The van der Waals surface area contributed by atoms with Crippen molar-refractivity contribution < 1.29 is 0 Å². The molecule has 1 unspecified atom stereocenters. The highest BCUT2D eigenvalue weighted by atomic mass is 14.6. The van der Waals surface area contributed by atoms with Crippen molar-refractivity contribution in [3.05, 3.63) is 0 Å². The van der Waals surface area contributed by atoms with Gasteiger partial charge in [-0.3, -0.25) is 0 Å². The third kappa shape index (κ3) is 0.810. The molecule has 0 spiro atoms. The molecule has 0 N–H and O–H groups in total. The van der Waals surface area contributed by atoms with Gasteiger partial charge >= 0.3 is 0 Å². The van der Waals surface area contributed by atoms with Gasteiger partial charge in [0.25, 0.3) is 0 Å². The van der Waals surface area contributed by atoms with Gasteiger partial charge in [-0.25, -0.2) is 0 Å². The molecule has 60 valence electrons. The first-order valence-electron chi connectivity index (χ1n) is 4.46. The maximum atomic E-state index is 2.40. The highest BCUT2D eigenvalue weighted by Gasteiger charge is 2.60. The molecule has 0 heteroatoms. The Balaban J connectivity index is 2.68. The topological polar surface area (TPSA) is 0 Å². The van der Waals surface area contributed by atoms with E-state index in [1.54, 1.807) is 0 Å². The summed E-state index contributed by atoms with van der Waals surface area (Å²) in [7, 11) is 0. The van der Waals surface area contributed by atoms with Crippen LogP contribution in [0.5, 0.6) is 0 Å². The normalized spacial score (nSPS) is 36.6. The molecule has 1 fully saturated rings. The molecule has 0 radical (unpaired) electrons. The average Bonchev–Trinajstić information content (AvgIpc) is 2.35. The van der Waals surface area contributed by atoms with Crippen LogP contribution in [0.25, 0.3) is 0 Å². The highest BCUT2D eigenvalue weighted by molar-refractivity contribution is 5.09. The molecule has 0 aromatic carbocycles. The van der Waals surface area contributed by atoms with Crippen molar-refractivity contribution in [2.24, 2.45) is 16.7 Å². The maximum absolute atomic E-state index is 2.40. The molecular formula is C10H20. The van der Waals surface area contributed by atoms with Gasteiger partial charge in [-0.05, 0) is 29.6 Å². The van der Waals surface area contributed by atoms with Crippen LogP contribution in [-0.2, 0) is 0 Å². The second-order valence-corrected chi connectivity index (χ2v) is 4.73. The van der Waals surface area contributed by atoms with E-state index in [2.05, 4.69) is 34.6 Å². The SMILES string of the molecule is CCC1(C(C)C)CC1(C)C. The third-order valence-corrected chi connectivity index (χ3v) is 3.72. The number of hydrogen-bond donors (Lipinski definition) is 0. The predicted molar refractivity (Wildman–Crippen MR) is 46.0 cm³/mol. The highest BCUT2D eigenvalue weighted by Crippen LogP contribution is 2.69. The van der Waals surface area contributed by atoms with Gasteiger partial charge in [-0.1, -0.05) is 34.6 Å². The minimum atomic E-state index is 0.635. The Kier molecular flexibility index (Phi) is 1.61. The zero-order valence-corrected chi connectivity index (χ0v) is 7.99. The second kappa shape index (κ2) is 1.99. The molecule has 0 amide bonds. The van der Waals surface area contributed by atoms with Crippen LogP contribution in [0.15, 0.2) is 0 Å². The summed E-state index contributed by atoms with van der Waals surface area (Å²) in [6.07, 6.45) is 2.80. The van der Waals surface area contributed by atoms with Gasteiger partial charge in [-0.15, -0.1) is 0 Å². The van der Waals surface area contributed by atoms with Crippen molar-refractivity contribution in [3.63, 3.8) is 0 Å². The summed E-state index contributed by atoms with van der Waals surface area (Å²) >= 11 is 0. The van der Waals surface area contributed by atoms with Crippen LogP contribution in [-0.4, -0.2) is 0 Å². The monoisotopic (exact) mass is 140 g/mol. The van der Waals surface area contributed by atoms with Crippen LogP contribution in [0, 0.1) is 16.7 Å². The molecule has 1 aliphatic carbocycles. The number of hydrogen-bond acceptors (Lipinski definition) is 0. The summed E-state index contributed by atoms with van der Waals surface area (Å²) in [5.74, 6) is 0.868. The Hall–Kier alpha value is 0. The first-order valence-corrected chi connectivity index (χ1v) is 4.46. The van der Waals surface area contributed by atoms with Crippen LogP contribution >= 0.6 is 0 Å². The molecular weight excluding hydrogens is 120 g/mol. The quantitative estimate of drug-likeness (QED) is 0.551. The Labute approximate surface area is 65.0 Å². The lowest BCUT2D eigenvalue weighted by molar-refractivity contribution is 0.269. The van der Waals surface area contributed by atoms with Gasteiger partial charge in [0, 0.05) is 0 Å². The van der Waals surface area contributed by atoms with Crippen LogP contribution in [0.1, 0.15) is 47.5 Å². The molecule has 0 nitrogen and oxygen atoms in total. The second-order valence-electron chi connectivity index (χ2n) is 4.73. The summed E-state index contributed by atoms with van der Waals surface area (Å²) in [5, 5.41) is 0. The first-order chi connectivity index (χ1) is 4.46. The zero-order valence-electron chi connectivity index (χ0n) is 7.99. The van der Waals surface area contributed by atoms with Gasteiger partial charge < -0.3 is 0 Å². The van der Waals surface area contributed by atoms with Crippen molar-refractivity contribution in [3.8, 4) is 0 Å². The summed E-state index contributed by atoms with van der Waals surface area (Å²) in [4.78, 5) is 0. The minimum absolute atomic E-state index is 0.635. The standard InChI is InChI=1S/C10H20/c1-6-10(8(2)3)7-9(10,4)5/h8H,6-7H2,1-5H3. The van der Waals surface area contributed by atoms with E-state index in [1.165, 1.54) is 12.8 Å². The molecule has 1 atom stereocenters. The molecule has 0 heterocycles. The van der Waals surface area contributed by atoms with Crippen molar-refractivity contribution in [2.45, 2.75) is 47.5 Å². The molecule has 0 aromatic heterocycles. The first kappa shape index (κ1) is 8.10. The van der Waals surface area contributed by atoms with Crippen LogP contribution in [0.4, 0.5) is 0 Å². The molecule has 1 aliphatic rings. The Morgan fingerprint density at radius 3 is 1.70 bits per heavy atom. The minimum Gasteiger partial charge on any atom is -0.0648 e. The van der Waals surface area contributed by atoms with Crippen LogP contribution in [0.3, 0.4) is 0 Å². The fourth-order valence-electron chi connectivity index (χ4n) is 2.74. The Morgan fingerprint density at radius 1 is 1.30 bits per heavy atom. The third-order valence-electron chi connectivity index (χ3n) is 3.72. The predicted octanol–water partition coefficient (Wildman–Crippen LogP) is 3.47. The molecule has 0 bridgehead atoms.